The molecule has 3 nitrogen and oxygen atoms in total. The second-order valence-corrected chi connectivity index (χ2v) is 4.83. The van der Waals surface area contributed by atoms with Crippen LogP contribution in [0.25, 0.3) is 0 Å². The third-order valence-electron chi connectivity index (χ3n) is 3.50. The Morgan fingerprint density at radius 1 is 1.28 bits per heavy atom. The number of nitrogens with zero attached hydrogens (tertiary/aromatic N) is 1. The van der Waals surface area contributed by atoms with Gasteiger partial charge in [0.05, 0.1) is 0 Å². The van der Waals surface area contributed by atoms with Gasteiger partial charge in [0.25, 0.3) is 0 Å². The first kappa shape index (κ1) is 13.4. The topological polar surface area (TPSA) is 24.5 Å². The van der Waals surface area contributed by atoms with Crippen LogP contribution in [-0.4, -0.2) is 46.1 Å². The number of rotatable bonds is 5. The van der Waals surface area contributed by atoms with Crippen LogP contribution >= 0.6 is 0 Å². The molecule has 18 heavy (non-hydrogen) atoms. The van der Waals surface area contributed by atoms with E-state index in [0.717, 1.165) is 38.2 Å². The number of hydrogen-bond acceptors (Lipinski definition) is 3. The molecule has 1 aromatic carbocycles. The van der Waals surface area contributed by atoms with Crippen LogP contribution in [0.15, 0.2) is 24.3 Å². The molecule has 0 bridgehead atoms. The molecule has 2 radical (unpaired) electrons. The Kier molecular flexibility index (Phi) is 5.08. The predicted octanol–water partition coefficient (Wildman–Crippen LogP) is 1.55. The van der Waals surface area contributed by atoms with Gasteiger partial charge in [-0.3, -0.25) is 0 Å². The highest BCUT2D eigenvalue weighted by atomic mass is 16.5. The van der Waals surface area contributed by atoms with Crippen molar-refractivity contribution in [3.8, 4) is 5.75 Å². The summed E-state index contributed by atoms with van der Waals surface area (Å²) in [6.45, 7) is 3.56. The summed E-state index contributed by atoms with van der Waals surface area (Å²) in [6.07, 6.45) is 2.30. The van der Waals surface area contributed by atoms with Gasteiger partial charge >= 0.3 is 0 Å². The molecule has 1 N–H and O–H groups in total. The molecule has 1 aliphatic rings. The Labute approximate surface area is 111 Å². The standard InChI is InChI=1S/C14H21BN2O/c1-16-8-11-18-14-4-2-12(3-5-14)13-6-9-17(15)10-7-13/h2-5,13,16H,6-11H2,1H3. The van der Waals surface area contributed by atoms with Crippen molar-refractivity contribution in [3.63, 3.8) is 0 Å². The van der Waals surface area contributed by atoms with Gasteiger partial charge in [0.2, 0.25) is 0 Å². The summed E-state index contributed by atoms with van der Waals surface area (Å²) >= 11 is 0. The van der Waals surface area contributed by atoms with Crippen LogP contribution in [0.3, 0.4) is 0 Å². The van der Waals surface area contributed by atoms with E-state index in [1.807, 2.05) is 11.9 Å². The molecule has 1 aromatic rings. The summed E-state index contributed by atoms with van der Waals surface area (Å²) < 4.78 is 5.62. The number of hydrogen-bond donors (Lipinski definition) is 1. The lowest BCUT2D eigenvalue weighted by Gasteiger charge is -2.29. The molecule has 1 fully saturated rings. The molecule has 0 atom stereocenters. The zero-order valence-corrected chi connectivity index (χ0v) is 11.1. The molecule has 2 rings (SSSR count). The van der Waals surface area contributed by atoms with E-state index >= 15 is 0 Å². The predicted molar refractivity (Wildman–Crippen MR) is 75.2 cm³/mol. The van der Waals surface area contributed by atoms with Gasteiger partial charge in [-0.05, 0) is 56.6 Å². The molecule has 0 saturated carbocycles. The minimum Gasteiger partial charge on any atom is -0.492 e. The van der Waals surface area contributed by atoms with E-state index in [-0.39, 0.29) is 0 Å². The van der Waals surface area contributed by atoms with Gasteiger partial charge in [0, 0.05) is 6.54 Å². The van der Waals surface area contributed by atoms with Gasteiger partial charge in [-0.15, -0.1) is 0 Å². The van der Waals surface area contributed by atoms with Gasteiger partial charge in [0.1, 0.15) is 12.4 Å². The maximum atomic E-state index is 5.77. The van der Waals surface area contributed by atoms with Crippen molar-refractivity contribution in [2.45, 2.75) is 18.8 Å². The third-order valence-corrected chi connectivity index (χ3v) is 3.50. The molecule has 0 spiro atoms. The van der Waals surface area contributed by atoms with Crippen molar-refractivity contribution in [1.82, 2.24) is 10.1 Å². The minimum atomic E-state index is 0.649. The molecule has 0 aliphatic carbocycles. The summed E-state index contributed by atoms with van der Waals surface area (Å²) in [5.74, 6) is 1.60. The summed E-state index contributed by atoms with van der Waals surface area (Å²) in [7, 11) is 7.70. The van der Waals surface area contributed by atoms with Gasteiger partial charge in [-0.25, -0.2) is 0 Å². The molecule has 96 valence electrons. The normalized spacial score (nSPS) is 17.8. The highest BCUT2D eigenvalue weighted by molar-refractivity contribution is 6.04. The minimum absolute atomic E-state index is 0.649. The molecular formula is C14H21BN2O. The van der Waals surface area contributed by atoms with Gasteiger partial charge in [-0.2, -0.15) is 0 Å². The zero-order valence-electron chi connectivity index (χ0n) is 11.1. The fourth-order valence-electron chi connectivity index (χ4n) is 2.34. The van der Waals surface area contributed by atoms with E-state index in [1.54, 1.807) is 0 Å². The lowest BCUT2D eigenvalue weighted by molar-refractivity contribution is 0.317. The molecule has 1 aliphatic heterocycles. The lowest BCUT2D eigenvalue weighted by Crippen LogP contribution is -2.30. The number of piperidine rings is 1. The maximum absolute atomic E-state index is 5.77. The smallest absolute Gasteiger partial charge is 0.182 e. The zero-order chi connectivity index (χ0) is 12.8. The van der Waals surface area contributed by atoms with Gasteiger partial charge in [0.15, 0.2) is 7.98 Å². The maximum Gasteiger partial charge on any atom is 0.182 e. The van der Waals surface area contributed by atoms with E-state index < -0.39 is 0 Å². The van der Waals surface area contributed by atoms with Crippen LogP contribution in [0, 0.1) is 0 Å². The highest BCUT2D eigenvalue weighted by Crippen LogP contribution is 2.28. The Balaban J connectivity index is 1.87. The van der Waals surface area contributed by atoms with E-state index in [1.165, 1.54) is 5.56 Å². The fraction of sp³-hybridized carbons (Fsp3) is 0.571. The van der Waals surface area contributed by atoms with E-state index in [4.69, 9.17) is 12.7 Å². The fourth-order valence-corrected chi connectivity index (χ4v) is 2.34. The van der Waals surface area contributed by atoms with Crippen LogP contribution in [0.4, 0.5) is 0 Å². The monoisotopic (exact) mass is 244 g/mol. The second kappa shape index (κ2) is 6.81. The SMILES string of the molecule is [B]N1CCC(c2ccc(OCCNC)cc2)CC1. The largest absolute Gasteiger partial charge is 0.492 e. The number of likely N-dealkylation sites (N-methyl/N-ethyl adjacent to an activating group) is 1. The van der Waals surface area contributed by atoms with Crippen LogP contribution in [0.5, 0.6) is 5.75 Å². The number of nitrogens with one attached hydrogen (secondary N) is 1. The van der Waals surface area contributed by atoms with Crippen molar-refractivity contribution in [1.29, 1.82) is 0 Å². The van der Waals surface area contributed by atoms with Crippen LogP contribution < -0.4 is 10.1 Å². The van der Waals surface area contributed by atoms with Crippen molar-refractivity contribution < 1.29 is 4.74 Å². The first-order valence-corrected chi connectivity index (χ1v) is 6.66. The van der Waals surface area contributed by atoms with Crippen molar-refractivity contribution in [3.05, 3.63) is 29.8 Å². The number of ether oxygens (including phenoxy) is 1. The summed E-state index contributed by atoms with van der Waals surface area (Å²) in [5.41, 5.74) is 1.41. The highest BCUT2D eigenvalue weighted by Gasteiger charge is 2.17. The number of benzene rings is 1. The first-order chi connectivity index (χ1) is 8.79. The molecule has 4 heteroatoms. The summed E-state index contributed by atoms with van der Waals surface area (Å²) in [5, 5.41) is 3.06. The van der Waals surface area contributed by atoms with Gasteiger partial charge in [-0.1, -0.05) is 12.1 Å². The van der Waals surface area contributed by atoms with Crippen LogP contribution in [0.1, 0.15) is 24.3 Å². The summed E-state index contributed by atoms with van der Waals surface area (Å²) in [6, 6.07) is 8.51. The first-order valence-electron chi connectivity index (χ1n) is 6.66. The second-order valence-electron chi connectivity index (χ2n) is 4.83. The molecule has 0 amide bonds. The molecular weight excluding hydrogens is 223 g/mol. The van der Waals surface area contributed by atoms with Crippen molar-refractivity contribution >= 4 is 7.98 Å². The van der Waals surface area contributed by atoms with Gasteiger partial charge < -0.3 is 14.9 Å². The van der Waals surface area contributed by atoms with E-state index in [9.17, 15) is 0 Å². The quantitative estimate of drug-likeness (QED) is 0.628. The molecule has 1 heterocycles. The van der Waals surface area contributed by atoms with Crippen molar-refractivity contribution in [2.75, 3.05) is 33.3 Å². The average molecular weight is 244 g/mol. The Morgan fingerprint density at radius 3 is 2.56 bits per heavy atom. The molecule has 0 aromatic heterocycles. The molecule has 0 unspecified atom stereocenters. The van der Waals surface area contributed by atoms with E-state index in [2.05, 4.69) is 29.6 Å². The van der Waals surface area contributed by atoms with Crippen LogP contribution in [-0.2, 0) is 0 Å². The average Bonchev–Trinajstić information content (AvgIpc) is 2.41. The van der Waals surface area contributed by atoms with E-state index in [0.29, 0.717) is 12.5 Å². The third kappa shape index (κ3) is 3.75. The Bertz CT molecular complexity index is 347. The van der Waals surface area contributed by atoms with Crippen LogP contribution in [0.2, 0.25) is 0 Å². The molecule has 1 saturated heterocycles. The van der Waals surface area contributed by atoms with Crippen molar-refractivity contribution in [2.24, 2.45) is 0 Å². The lowest BCUT2D eigenvalue weighted by atomic mass is 9.88. The summed E-state index contributed by atoms with van der Waals surface area (Å²) in [4.78, 5) is 1.91. The Hall–Kier alpha value is -0.995. The Morgan fingerprint density at radius 2 is 1.94 bits per heavy atom.